The third-order valence-corrected chi connectivity index (χ3v) is 4.75. The minimum Gasteiger partial charge on any atom is -0.388 e. The number of aromatic nitrogens is 2. The van der Waals surface area contributed by atoms with Gasteiger partial charge in [0.15, 0.2) is 0 Å². The number of amides is 1. The first kappa shape index (κ1) is 15.7. The van der Waals surface area contributed by atoms with Crippen molar-refractivity contribution in [3.05, 3.63) is 53.6 Å². The van der Waals surface area contributed by atoms with Crippen molar-refractivity contribution in [2.45, 2.75) is 38.8 Å². The maximum absolute atomic E-state index is 12.6. The number of imidazole rings is 1. The smallest absolute Gasteiger partial charge is 0.254 e. The lowest BCUT2D eigenvalue weighted by atomic mass is 9.90. The number of carbonyl (C=O) groups excluding carboxylic acids is 1. The van der Waals surface area contributed by atoms with Crippen molar-refractivity contribution < 1.29 is 9.90 Å². The van der Waals surface area contributed by atoms with Crippen LogP contribution in [0.1, 0.15) is 34.6 Å². The topological polar surface area (TPSA) is 58.4 Å². The fraction of sp³-hybridized carbons (Fsp3) is 0.444. The van der Waals surface area contributed by atoms with E-state index in [4.69, 9.17) is 0 Å². The van der Waals surface area contributed by atoms with Crippen LogP contribution in [0.5, 0.6) is 0 Å². The number of rotatable bonds is 3. The molecule has 5 heteroatoms. The molecule has 2 heterocycles. The normalized spacial score (nSPS) is 17.3. The average molecular weight is 313 g/mol. The number of benzene rings is 1. The lowest BCUT2D eigenvalue weighted by Crippen LogP contribution is -2.48. The van der Waals surface area contributed by atoms with E-state index in [2.05, 4.69) is 4.98 Å². The molecule has 0 atom stereocenters. The summed E-state index contributed by atoms with van der Waals surface area (Å²) < 4.78 is 1.97. The van der Waals surface area contributed by atoms with Crippen LogP contribution in [0.2, 0.25) is 0 Å². The molecule has 2 aromatic rings. The molecule has 1 amide bonds. The van der Waals surface area contributed by atoms with E-state index < -0.39 is 5.60 Å². The van der Waals surface area contributed by atoms with Crippen LogP contribution >= 0.6 is 0 Å². The van der Waals surface area contributed by atoms with Crippen LogP contribution in [0.3, 0.4) is 0 Å². The summed E-state index contributed by atoms with van der Waals surface area (Å²) in [6.45, 7) is 5.58. The van der Waals surface area contributed by atoms with E-state index in [1.807, 2.05) is 53.8 Å². The van der Waals surface area contributed by atoms with E-state index in [0.717, 1.165) is 17.0 Å². The van der Waals surface area contributed by atoms with Gasteiger partial charge in [-0.1, -0.05) is 18.2 Å². The molecule has 1 fully saturated rings. The zero-order chi connectivity index (χ0) is 16.4. The summed E-state index contributed by atoms with van der Waals surface area (Å²) >= 11 is 0. The molecule has 1 aliphatic rings. The number of piperidine rings is 1. The Labute approximate surface area is 136 Å². The molecule has 122 valence electrons. The maximum Gasteiger partial charge on any atom is 0.254 e. The Morgan fingerprint density at radius 2 is 1.96 bits per heavy atom. The number of aliphatic hydroxyl groups is 1. The molecule has 23 heavy (non-hydrogen) atoms. The molecule has 0 unspecified atom stereocenters. The minimum absolute atomic E-state index is 0.0592. The van der Waals surface area contributed by atoms with Crippen molar-refractivity contribution in [3.8, 4) is 0 Å². The first-order valence-electron chi connectivity index (χ1n) is 8.03. The molecule has 1 saturated heterocycles. The van der Waals surface area contributed by atoms with Gasteiger partial charge in [-0.25, -0.2) is 4.98 Å². The van der Waals surface area contributed by atoms with E-state index in [0.29, 0.717) is 32.5 Å². The third-order valence-electron chi connectivity index (χ3n) is 4.75. The number of aryl methyl sites for hydroxylation is 2. The van der Waals surface area contributed by atoms with Crippen molar-refractivity contribution in [2.24, 2.45) is 0 Å². The fourth-order valence-electron chi connectivity index (χ4n) is 3.16. The minimum atomic E-state index is -0.770. The first-order valence-corrected chi connectivity index (χ1v) is 8.03. The van der Waals surface area contributed by atoms with Gasteiger partial charge < -0.3 is 14.6 Å². The lowest BCUT2D eigenvalue weighted by Gasteiger charge is -2.38. The van der Waals surface area contributed by atoms with Gasteiger partial charge >= 0.3 is 0 Å². The summed E-state index contributed by atoms with van der Waals surface area (Å²) in [5.74, 6) is 0.959. The second-order valence-corrected chi connectivity index (χ2v) is 6.43. The van der Waals surface area contributed by atoms with Crippen LogP contribution in [0.25, 0.3) is 0 Å². The molecule has 0 spiro atoms. The van der Waals surface area contributed by atoms with Crippen molar-refractivity contribution in [2.75, 3.05) is 13.1 Å². The summed E-state index contributed by atoms with van der Waals surface area (Å²) in [6, 6.07) is 7.65. The molecule has 1 N–H and O–H groups in total. The highest BCUT2D eigenvalue weighted by Crippen LogP contribution is 2.26. The standard InChI is InChI=1S/C18H23N3O2/c1-14-5-3-4-6-16(14)17(22)20-10-7-18(23,8-11-20)13-21-12-9-19-15(21)2/h3-6,9,12,23H,7-8,10-11,13H2,1-2H3. The average Bonchev–Trinajstić information content (AvgIpc) is 2.92. The Bertz CT molecular complexity index is 700. The third kappa shape index (κ3) is 3.29. The van der Waals surface area contributed by atoms with E-state index in [1.165, 1.54) is 0 Å². The molecule has 3 rings (SSSR count). The van der Waals surface area contributed by atoms with Gasteiger partial charge in [-0.15, -0.1) is 0 Å². The Morgan fingerprint density at radius 1 is 1.26 bits per heavy atom. The molecule has 1 aromatic heterocycles. The largest absolute Gasteiger partial charge is 0.388 e. The Kier molecular flexibility index (Phi) is 4.22. The van der Waals surface area contributed by atoms with E-state index >= 15 is 0 Å². The van der Waals surface area contributed by atoms with Gasteiger partial charge in [-0.05, 0) is 38.3 Å². The SMILES string of the molecule is Cc1ccccc1C(=O)N1CCC(O)(Cn2ccnc2C)CC1. The van der Waals surface area contributed by atoms with Crippen LogP contribution in [-0.4, -0.2) is 44.2 Å². The highest BCUT2D eigenvalue weighted by Gasteiger charge is 2.34. The number of likely N-dealkylation sites (tertiary alicyclic amines) is 1. The number of carbonyl (C=O) groups is 1. The lowest BCUT2D eigenvalue weighted by molar-refractivity contribution is -0.0296. The molecular formula is C18H23N3O2. The number of hydrogen-bond acceptors (Lipinski definition) is 3. The fourth-order valence-corrected chi connectivity index (χ4v) is 3.16. The molecule has 1 aliphatic heterocycles. The van der Waals surface area contributed by atoms with Gasteiger partial charge in [-0.3, -0.25) is 4.79 Å². The summed E-state index contributed by atoms with van der Waals surface area (Å²) in [4.78, 5) is 18.7. The predicted molar refractivity (Wildman–Crippen MR) is 88.2 cm³/mol. The quantitative estimate of drug-likeness (QED) is 0.945. The molecule has 0 saturated carbocycles. The van der Waals surface area contributed by atoms with Gasteiger partial charge in [0.05, 0.1) is 12.1 Å². The van der Waals surface area contributed by atoms with Crippen molar-refractivity contribution in [1.82, 2.24) is 14.5 Å². The van der Waals surface area contributed by atoms with Crippen LogP contribution < -0.4 is 0 Å². The Morgan fingerprint density at radius 3 is 2.57 bits per heavy atom. The van der Waals surface area contributed by atoms with E-state index in [9.17, 15) is 9.90 Å². The van der Waals surface area contributed by atoms with Crippen molar-refractivity contribution >= 4 is 5.91 Å². The predicted octanol–water partition coefficient (Wildman–Crippen LogP) is 2.17. The summed E-state index contributed by atoms with van der Waals surface area (Å²) in [5.41, 5.74) is 0.976. The summed E-state index contributed by atoms with van der Waals surface area (Å²) in [5, 5.41) is 10.8. The summed E-state index contributed by atoms with van der Waals surface area (Å²) in [7, 11) is 0. The molecular weight excluding hydrogens is 290 g/mol. The zero-order valence-corrected chi connectivity index (χ0v) is 13.7. The monoisotopic (exact) mass is 313 g/mol. The zero-order valence-electron chi connectivity index (χ0n) is 13.7. The van der Waals surface area contributed by atoms with Crippen molar-refractivity contribution in [1.29, 1.82) is 0 Å². The van der Waals surface area contributed by atoms with E-state index in [-0.39, 0.29) is 5.91 Å². The highest BCUT2D eigenvalue weighted by atomic mass is 16.3. The molecule has 0 aliphatic carbocycles. The van der Waals surface area contributed by atoms with Gasteiger partial charge in [-0.2, -0.15) is 0 Å². The first-order chi connectivity index (χ1) is 11.0. The molecule has 5 nitrogen and oxygen atoms in total. The van der Waals surface area contributed by atoms with Gasteiger partial charge in [0, 0.05) is 31.0 Å². The molecule has 1 aromatic carbocycles. The van der Waals surface area contributed by atoms with E-state index in [1.54, 1.807) is 6.20 Å². The summed E-state index contributed by atoms with van der Waals surface area (Å²) in [6.07, 6.45) is 4.80. The second kappa shape index (κ2) is 6.16. The molecule has 0 radical (unpaired) electrons. The van der Waals surface area contributed by atoms with Crippen LogP contribution in [0.4, 0.5) is 0 Å². The van der Waals surface area contributed by atoms with Crippen molar-refractivity contribution in [3.63, 3.8) is 0 Å². The highest BCUT2D eigenvalue weighted by molar-refractivity contribution is 5.95. The van der Waals surface area contributed by atoms with Gasteiger partial charge in [0.2, 0.25) is 0 Å². The maximum atomic E-state index is 12.6. The van der Waals surface area contributed by atoms with Crippen LogP contribution in [-0.2, 0) is 6.54 Å². The number of nitrogens with zero attached hydrogens (tertiary/aromatic N) is 3. The van der Waals surface area contributed by atoms with Crippen LogP contribution in [0.15, 0.2) is 36.7 Å². The Balaban J connectivity index is 1.65. The molecule has 0 bridgehead atoms. The van der Waals surface area contributed by atoms with Gasteiger partial charge in [0.25, 0.3) is 5.91 Å². The second-order valence-electron chi connectivity index (χ2n) is 6.43. The van der Waals surface area contributed by atoms with Crippen LogP contribution in [0, 0.1) is 13.8 Å². The number of hydrogen-bond donors (Lipinski definition) is 1. The van der Waals surface area contributed by atoms with Gasteiger partial charge in [0.1, 0.15) is 5.82 Å². The Hall–Kier alpha value is -2.14.